The number of hydrogen-bond acceptors (Lipinski definition) is 4. The minimum Gasteiger partial charge on any atom is -0.355 e. The summed E-state index contributed by atoms with van der Waals surface area (Å²) < 4.78 is 67.6. The van der Waals surface area contributed by atoms with Crippen LogP contribution in [-0.2, 0) is 17.4 Å². The molecule has 0 saturated carbocycles. The van der Waals surface area contributed by atoms with Crippen LogP contribution in [0.1, 0.15) is 51.1 Å². The lowest BCUT2D eigenvalue weighted by molar-refractivity contribution is -0.137. The van der Waals surface area contributed by atoms with Gasteiger partial charge in [-0.25, -0.2) is 8.78 Å². The van der Waals surface area contributed by atoms with Crippen molar-refractivity contribution < 1.29 is 31.5 Å². The molecule has 43 heavy (non-hydrogen) atoms. The van der Waals surface area contributed by atoms with Crippen molar-refractivity contribution in [2.24, 2.45) is 4.99 Å². The summed E-state index contributed by atoms with van der Waals surface area (Å²) in [6.45, 7) is 0. The highest BCUT2D eigenvalue weighted by molar-refractivity contribution is 5.95. The molecule has 1 unspecified atom stereocenters. The third-order valence-corrected chi connectivity index (χ3v) is 7.08. The maximum Gasteiger partial charge on any atom is 0.416 e. The summed E-state index contributed by atoms with van der Waals surface area (Å²) in [7, 11) is 1.51. The lowest BCUT2D eigenvalue weighted by atomic mass is 9.93. The van der Waals surface area contributed by atoms with Crippen LogP contribution in [0.15, 0.2) is 84.0 Å². The largest absolute Gasteiger partial charge is 0.416 e. The first-order valence-corrected chi connectivity index (χ1v) is 13.3. The summed E-state index contributed by atoms with van der Waals surface area (Å²) in [4.78, 5) is 34.2. The number of alkyl halides is 3. The Morgan fingerprint density at radius 1 is 0.953 bits per heavy atom. The van der Waals surface area contributed by atoms with Gasteiger partial charge in [0.05, 0.1) is 23.0 Å². The van der Waals surface area contributed by atoms with Crippen molar-refractivity contribution in [1.29, 1.82) is 0 Å². The fraction of sp³-hybridized carbons (Fsp3) is 0.188. The van der Waals surface area contributed by atoms with Crippen molar-refractivity contribution in [3.63, 3.8) is 0 Å². The monoisotopic (exact) mass is 592 g/mol. The number of rotatable bonds is 8. The van der Waals surface area contributed by atoms with Crippen LogP contribution in [-0.4, -0.2) is 30.1 Å². The number of nitrogens with zero attached hydrogens (tertiary/aromatic N) is 2. The zero-order valence-electron chi connectivity index (χ0n) is 22.8. The molecule has 0 aliphatic carbocycles. The van der Waals surface area contributed by atoms with Gasteiger partial charge < -0.3 is 10.6 Å². The normalized spacial score (nSPS) is 14.7. The molecule has 6 nitrogen and oxygen atoms in total. The van der Waals surface area contributed by atoms with Gasteiger partial charge in [0.1, 0.15) is 11.6 Å². The van der Waals surface area contributed by atoms with Gasteiger partial charge in [0.2, 0.25) is 5.91 Å². The van der Waals surface area contributed by atoms with Crippen LogP contribution in [0, 0.1) is 11.6 Å². The first kappa shape index (κ1) is 29.6. The van der Waals surface area contributed by atoms with Gasteiger partial charge in [-0.2, -0.15) is 13.2 Å². The van der Waals surface area contributed by atoms with Gasteiger partial charge in [-0.3, -0.25) is 19.6 Å². The smallest absolute Gasteiger partial charge is 0.355 e. The van der Waals surface area contributed by atoms with Crippen molar-refractivity contribution in [3.8, 4) is 11.1 Å². The van der Waals surface area contributed by atoms with Gasteiger partial charge in [0.15, 0.2) is 0 Å². The lowest BCUT2D eigenvalue weighted by Crippen LogP contribution is -2.32. The number of halogens is 5. The van der Waals surface area contributed by atoms with Crippen LogP contribution in [0.2, 0.25) is 0 Å². The van der Waals surface area contributed by atoms with Gasteiger partial charge >= 0.3 is 6.18 Å². The maximum absolute atomic E-state index is 14.1. The number of carbonyl (C=O) groups is 2. The first-order valence-electron chi connectivity index (χ1n) is 13.3. The molecule has 2 heterocycles. The number of benzene rings is 3. The Morgan fingerprint density at radius 3 is 2.44 bits per heavy atom. The van der Waals surface area contributed by atoms with Crippen molar-refractivity contribution in [1.82, 2.24) is 15.6 Å². The van der Waals surface area contributed by atoms with Crippen LogP contribution in [0.25, 0.3) is 11.1 Å². The van der Waals surface area contributed by atoms with Crippen LogP contribution in [0.4, 0.5) is 27.6 Å². The summed E-state index contributed by atoms with van der Waals surface area (Å²) in [6, 6.07) is 15.6. The second-order valence-corrected chi connectivity index (χ2v) is 10.1. The van der Waals surface area contributed by atoms with E-state index in [2.05, 4.69) is 20.6 Å². The molecule has 0 saturated heterocycles. The second-order valence-electron chi connectivity index (χ2n) is 10.1. The third-order valence-electron chi connectivity index (χ3n) is 7.08. The standard InChI is InChI=1S/C32H25F5N4O2/c1-38-31(43)20-5-2-4-19(13-20)26-6-3-9-39-30(26)28(12-18-10-23(33)16-24(34)11-18)41-29(42)14-21-17-40-27-15-22(32(35,36)37)7-8-25(21)27/h2-11,13,15-17,21,28H,12,14H2,1H3,(H,38,43)(H,41,42)/t21?,28-/m0/s1. The van der Waals surface area contributed by atoms with E-state index in [1.165, 1.54) is 25.5 Å². The molecular formula is C32H25F5N4O2. The van der Waals surface area contributed by atoms with Crippen LogP contribution >= 0.6 is 0 Å². The highest BCUT2D eigenvalue weighted by Gasteiger charge is 2.33. The Labute approximate surface area is 243 Å². The van der Waals surface area contributed by atoms with E-state index in [4.69, 9.17) is 0 Å². The molecule has 0 bridgehead atoms. The van der Waals surface area contributed by atoms with E-state index in [1.807, 2.05) is 0 Å². The van der Waals surface area contributed by atoms with Crippen molar-refractivity contribution in [3.05, 3.63) is 119 Å². The average Bonchev–Trinajstić information content (AvgIpc) is 3.37. The average molecular weight is 593 g/mol. The van der Waals surface area contributed by atoms with Crippen molar-refractivity contribution >= 4 is 23.7 Å². The van der Waals surface area contributed by atoms with E-state index in [0.717, 1.165) is 30.3 Å². The fourth-order valence-electron chi connectivity index (χ4n) is 5.10. The second kappa shape index (κ2) is 12.1. The predicted octanol–water partition coefficient (Wildman–Crippen LogP) is 6.70. The highest BCUT2D eigenvalue weighted by Crippen LogP contribution is 2.39. The minimum atomic E-state index is -4.52. The molecular weight excluding hydrogens is 567 g/mol. The molecule has 4 aromatic rings. The Balaban J connectivity index is 1.46. The van der Waals surface area contributed by atoms with E-state index in [1.54, 1.807) is 36.4 Å². The van der Waals surface area contributed by atoms with Gasteiger partial charge in [-0.1, -0.05) is 24.3 Å². The molecule has 2 N–H and O–H groups in total. The predicted molar refractivity (Wildman–Crippen MR) is 151 cm³/mol. The molecule has 2 amide bonds. The van der Waals surface area contributed by atoms with Crippen LogP contribution in [0.3, 0.4) is 0 Å². The Bertz CT molecular complexity index is 1700. The van der Waals surface area contributed by atoms with Gasteiger partial charge in [0, 0.05) is 49.0 Å². The Hall–Kier alpha value is -4.93. The van der Waals surface area contributed by atoms with Crippen molar-refractivity contribution in [2.45, 2.75) is 31.0 Å². The number of nitrogens with one attached hydrogen (secondary N) is 2. The molecule has 11 heteroatoms. The van der Waals surface area contributed by atoms with Crippen LogP contribution < -0.4 is 10.6 Å². The fourth-order valence-corrected chi connectivity index (χ4v) is 5.10. The zero-order chi connectivity index (χ0) is 30.7. The Morgan fingerprint density at radius 2 is 1.72 bits per heavy atom. The SMILES string of the molecule is CNC(=O)c1cccc(-c2cccnc2[C@H](Cc2cc(F)cc(F)c2)NC(=O)CC2C=Nc3cc(C(F)(F)F)ccc32)c1. The molecule has 1 aliphatic rings. The summed E-state index contributed by atoms with van der Waals surface area (Å²) in [6.07, 6.45) is -1.74. The highest BCUT2D eigenvalue weighted by atomic mass is 19.4. The summed E-state index contributed by atoms with van der Waals surface area (Å²) in [5.74, 6) is -2.90. The van der Waals surface area contributed by atoms with E-state index < -0.39 is 41.2 Å². The van der Waals surface area contributed by atoms with E-state index >= 15 is 0 Å². The summed E-state index contributed by atoms with van der Waals surface area (Å²) in [5, 5.41) is 5.48. The lowest BCUT2D eigenvalue weighted by Gasteiger charge is -2.22. The number of pyridine rings is 1. The number of hydrogen-bond donors (Lipinski definition) is 2. The number of amides is 2. The topological polar surface area (TPSA) is 83.5 Å². The molecule has 0 spiro atoms. The van der Waals surface area contributed by atoms with Gasteiger partial charge in [-0.05, 0) is 65.6 Å². The number of aromatic nitrogens is 1. The molecule has 0 fully saturated rings. The number of fused-ring (bicyclic) bond motifs is 1. The molecule has 1 aromatic heterocycles. The summed E-state index contributed by atoms with van der Waals surface area (Å²) in [5.41, 5.74) is 2.07. The first-order chi connectivity index (χ1) is 20.5. The third kappa shape index (κ3) is 6.77. The quantitative estimate of drug-likeness (QED) is 0.224. The van der Waals surface area contributed by atoms with Gasteiger partial charge in [0.25, 0.3) is 5.91 Å². The molecule has 220 valence electrons. The molecule has 2 atom stereocenters. The number of aliphatic imine (C=N–C) groups is 1. The Kier molecular flexibility index (Phi) is 8.33. The van der Waals surface area contributed by atoms with E-state index in [9.17, 15) is 31.5 Å². The van der Waals surface area contributed by atoms with Crippen LogP contribution in [0.5, 0.6) is 0 Å². The van der Waals surface area contributed by atoms with E-state index in [0.29, 0.717) is 27.9 Å². The minimum absolute atomic E-state index is 0.0240. The van der Waals surface area contributed by atoms with Crippen molar-refractivity contribution in [2.75, 3.05) is 7.05 Å². The molecule has 5 rings (SSSR count). The summed E-state index contributed by atoms with van der Waals surface area (Å²) >= 11 is 0. The van der Waals surface area contributed by atoms with Gasteiger partial charge in [-0.15, -0.1) is 0 Å². The molecule has 3 aromatic carbocycles. The van der Waals surface area contributed by atoms with E-state index in [-0.39, 0.29) is 30.0 Å². The molecule has 1 aliphatic heterocycles. The molecule has 0 radical (unpaired) electrons. The number of carbonyl (C=O) groups excluding carboxylic acids is 2. The zero-order valence-corrected chi connectivity index (χ0v) is 22.8. The maximum atomic E-state index is 14.1.